The van der Waals surface area contributed by atoms with Gasteiger partial charge in [-0.3, -0.25) is 0 Å². The zero-order valence-corrected chi connectivity index (χ0v) is 9.85. The number of hydrogen-bond donors (Lipinski definition) is 1. The Hall–Kier alpha value is -0.840. The molecule has 0 aromatic carbocycles. The van der Waals surface area contributed by atoms with Crippen LogP contribution in [-0.4, -0.2) is 21.3 Å². The number of rotatable bonds is 3. The maximum atomic E-state index is 8.88. The number of nitrogens with zero attached hydrogens (tertiary/aromatic N) is 2. The number of aliphatic hydroxyl groups is 1. The first-order valence-corrected chi connectivity index (χ1v) is 5.85. The van der Waals surface area contributed by atoms with E-state index < -0.39 is 0 Å². The van der Waals surface area contributed by atoms with E-state index in [4.69, 9.17) is 16.7 Å². The van der Waals surface area contributed by atoms with Crippen molar-refractivity contribution >= 4 is 22.9 Å². The van der Waals surface area contributed by atoms with Gasteiger partial charge in [0.25, 0.3) is 0 Å². The molecule has 0 saturated heterocycles. The number of thiophene rings is 1. The molecule has 0 aliphatic rings. The molecule has 2 aromatic heterocycles. The van der Waals surface area contributed by atoms with Crippen LogP contribution in [0.25, 0.3) is 10.6 Å². The van der Waals surface area contributed by atoms with Crippen molar-refractivity contribution in [2.45, 2.75) is 6.42 Å². The lowest BCUT2D eigenvalue weighted by molar-refractivity contribution is 0.295. The lowest BCUT2D eigenvalue weighted by atomic mass is 10.4. The first kappa shape index (κ1) is 10.7. The third-order valence-corrected chi connectivity index (χ3v) is 3.52. The minimum atomic E-state index is 0.0884. The van der Waals surface area contributed by atoms with E-state index in [0.29, 0.717) is 11.6 Å². The maximum absolute atomic E-state index is 8.88. The smallest absolute Gasteiger partial charge is 0.137 e. The van der Waals surface area contributed by atoms with Crippen LogP contribution in [0.1, 0.15) is 5.82 Å². The van der Waals surface area contributed by atoms with Crippen LogP contribution in [0.15, 0.2) is 17.5 Å². The van der Waals surface area contributed by atoms with Crippen LogP contribution in [0.4, 0.5) is 0 Å². The van der Waals surface area contributed by atoms with Gasteiger partial charge in [-0.2, -0.15) is 0 Å². The summed E-state index contributed by atoms with van der Waals surface area (Å²) < 4.78 is 1.81. The molecule has 1 N–H and O–H groups in total. The first-order valence-electron chi connectivity index (χ1n) is 4.60. The molecule has 2 heterocycles. The van der Waals surface area contributed by atoms with Gasteiger partial charge in [-0.1, -0.05) is 17.7 Å². The highest BCUT2D eigenvalue weighted by Crippen LogP contribution is 2.30. The summed E-state index contributed by atoms with van der Waals surface area (Å²) in [7, 11) is 1.86. The van der Waals surface area contributed by atoms with Crippen LogP contribution in [0.2, 0.25) is 5.15 Å². The largest absolute Gasteiger partial charge is 0.396 e. The Morgan fingerprint density at radius 2 is 2.40 bits per heavy atom. The van der Waals surface area contributed by atoms with Crippen molar-refractivity contribution < 1.29 is 5.11 Å². The summed E-state index contributed by atoms with van der Waals surface area (Å²) in [6.07, 6.45) is 0.529. The monoisotopic (exact) mass is 242 g/mol. The van der Waals surface area contributed by atoms with E-state index in [1.165, 1.54) is 0 Å². The lowest BCUT2D eigenvalue weighted by Crippen LogP contribution is -2.00. The van der Waals surface area contributed by atoms with E-state index in [-0.39, 0.29) is 6.61 Å². The van der Waals surface area contributed by atoms with Gasteiger partial charge < -0.3 is 9.67 Å². The summed E-state index contributed by atoms with van der Waals surface area (Å²) in [4.78, 5) is 5.48. The minimum absolute atomic E-state index is 0.0884. The Bertz CT molecular complexity index is 450. The normalized spacial score (nSPS) is 10.9. The molecule has 0 spiro atoms. The van der Waals surface area contributed by atoms with E-state index in [9.17, 15) is 0 Å². The number of imidazole rings is 1. The van der Waals surface area contributed by atoms with Crippen LogP contribution >= 0.6 is 22.9 Å². The fraction of sp³-hybridized carbons (Fsp3) is 0.300. The van der Waals surface area contributed by atoms with Crippen molar-refractivity contribution in [3.8, 4) is 10.6 Å². The van der Waals surface area contributed by atoms with Crippen molar-refractivity contribution in [1.82, 2.24) is 9.55 Å². The van der Waals surface area contributed by atoms with Crippen molar-refractivity contribution in [2.75, 3.05) is 6.61 Å². The molecule has 0 aliphatic carbocycles. The van der Waals surface area contributed by atoms with Gasteiger partial charge in [-0.25, -0.2) is 4.98 Å². The number of aliphatic hydroxyl groups excluding tert-OH is 1. The molecule has 80 valence electrons. The Kier molecular flexibility index (Phi) is 3.09. The number of halogens is 1. The van der Waals surface area contributed by atoms with Gasteiger partial charge >= 0.3 is 0 Å². The highest BCUT2D eigenvalue weighted by molar-refractivity contribution is 7.13. The molecule has 5 heteroatoms. The van der Waals surface area contributed by atoms with Crippen molar-refractivity contribution in [3.63, 3.8) is 0 Å². The molecule has 0 amide bonds. The molecule has 0 saturated carbocycles. The minimum Gasteiger partial charge on any atom is -0.396 e. The molecule has 0 atom stereocenters. The molecule has 2 aromatic rings. The summed E-state index contributed by atoms with van der Waals surface area (Å²) in [5.41, 5.74) is 0.803. The molecule has 0 radical (unpaired) electrons. The van der Waals surface area contributed by atoms with Gasteiger partial charge in [-0.05, 0) is 11.4 Å². The summed E-state index contributed by atoms with van der Waals surface area (Å²) in [5.74, 6) is 0.811. The van der Waals surface area contributed by atoms with Crippen molar-refractivity contribution in [3.05, 3.63) is 28.5 Å². The van der Waals surface area contributed by atoms with Crippen LogP contribution < -0.4 is 0 Å². The van der Waals surface area contributed by atoms with Crippen LogP contribution in [-0.2, 0) is 13.5 Å². The first-order chi connectivity index (χ1) is 7.24. The van der Waals surface area contributed by atoms with Crippen LogP contribution in [0, 0.1) is 0 Å². The average molecular weight is 243 g/mol. The molecule has 0 bridgehead atoms. The van der Waals surface area contributed by atoms with Crippen LogP contribution in [0.5, 0.6) is 0 Å². The standard InChI is InChI=1S/C10H11ClN2OS/c1-13-8(4-5-14)12-9(10(13)11)7-3-2-6-15-7/h2-3,6,14H,4-5H2,1H3. The van der Waals surface area contributed by atoms with E-state index in [1.807, 2.05) is 29.1 Å². The molecule has 0 aliphatic heterocycles. The van der Waals surface area contributed by atoms with Gasteiger partial charge in [0.05, 0.1) is 11.5 Å². The highest BCUT2D eigenvalue weighted by Gasteiger charge is 2.14. The Morgan fingerprint density at radius 3 is 3.00 bits per heavy atom. The average Bonchev–Trinajstić information content (AvgIpc) is 2.82. The molecule has 0 unspecified atom stereocenters. The van der Waals surface area contributed by atoms with Gasteiger partial charge in [-0.15, -0.1) is 11.3 Å². The fourth-order valence-electron chi connectivity index (χ4n) is 1.42. The van der Waals surface area contributed by atoms with Gasteiger partial charge in [0.2, 0.25) is 0 Å². The second kappa shape index (κ2) is 4.35. The predicted octanol–water partition coefficient (Wildman–Crippen LogP) is 2.34. The second-order valence-corrected chi connectivity index (χ2v) is 4.48. The summed E-state index contributed by atoms with van der Waals surface area (Å²) in [6, 6.07) is 3.96. The van der Waals surface area contributed by atoms with E-state index in [1.54, 1.807) is 11.3 Å². The Balaban J connectivity index is 2.45. The van der Waals surface area contributed by atoms with Crippen molar-refractivity contribution in [1.29, 1.82) is 0 Å². The molecule has 15 heavy (non-hydrogen) atoms. The molecular formula is C10H11ClN2OS. The van der Waals surface area contributed by atoms with Crippen LogP contribution in [0.3, 0.4) is 0 Å². The van der Waals surface area contributed by atoms with E-state index >= 15 is 0 Å². The Morgan fingerprint density at radius 1 is 1.60 bits per heavy atom. The summed E-state index contributed by atoms with van der Waals surface area (Å²) >= 11 is 7.77. The Labute approximate surface area is 97.0 Å². The van der Waals surface area contributed by atoms with E-state index in [0.717, 1.165) is 16.4 Å². The molecule has 3 nitrogen and oxygen atoms in total. The maximum Gasteiger partial charge on any atom is 0.137 e. The lowest BCUT2D eigenvalue weighted by Gasteiger charge is -1.98. The third-order valence-electron chi connectivity index (χ3n) is 2.21. The summed E-state index contributed by atoms with van der Waals surface area (Å²) in [6.45, 7) is 0.0884. The SMILES string of the molecule is Cn1c(CCO)nc(-c2cccs2)c1Cl. The number of hydrogen-bond acceptors (Lipinski definition) is 3. The van der Waals surface area contributed by atoms with Gasteiger partial charge in [0.15, 0.2) is 0 Å². The summed E-state index contributed by atoms with van der Waals surface area (Å²) in [5, 5.41) is 11.5. The molecule has 2 rings (SSSR count). The fourth-order valence-corrected chi connectivity index (χ4v) is 2.43. The third kappa shape index (κ3) is 1.93. The topological polar surface area (TPSA) is 38.0 Å². The number of aromatic nitrogens is 2. The van der Waals surface area contributed by atoms with Gasteiger partial charge in [0, 0.05) is 13.5 Å². The zero-order valence-electron chi connectivity index (χ0n) is 8.27. The predicted molar refractivity (Wildman–Crippen MR) is 62.3 cm³/mol. The van der Waals surface area contributed by atoms with E-state index in [2.05, 4.69) is 4.98 Å². The zero-order chi connectivity index (χ0) is 10.8. The van der Waals surface area contributed by atoms with Gasteiger partial charge in [0.1, 0.15) is 16.7 Å². The highest BCUT2D eigenvalue weighted by atomic mass is 35.5. The second-order valence-electron chi connectivity index (χ2n) is 3.18. The van der Waals surface area contributed by atoms with Crippen molar-refractivity contribution in [2.24, 2.45) is 7.05 Å². The quantitative estimate of drug-likeness (QED) is 0.897. The molecular weight excluding hydrogens is 232 g/mol. The molecule has 0 fully saturated rings.